The molecule has 2 fully saturated rings. The van der Waals surface area contributed by atoms with Gasteiger partial charge in [0.1, 0.15) is 5.82 Å². The van der Waals surface area contributed by atoms with Crippen molar-refractivity contribution in [1.29, 1.82) is 0 Å². The molecule has 0 bridgehead atoms. The molecule has 20 heavy (non-hydrogen) atoms. The first-order valence-electron chi connectivity index (χ1n) is 7.60. The predicted octanol–water partition coefficient (Wildman–Crippen LogP) is 3.44. The van der Waals surface area contributed by atoms with Gasteiger partial charge in [-0.05, 0) is 56.3 Å². The minimum atomic E-state index is -0.144. The molecule has 1 saturated carbocycles. The van der Waals surface area contributed by atoms with Crippen molar-refractivity contribution in [1.82, 2.24) is 10.2 Å². The molecular formula is C16H22ClFN2. The van der Waals surface area contributed by atoms with Crippen LogP contribution in [0.25, 0.3) is 0 Å². The normalized spacial score (nSPS) is 22.6. The first kappa shape index (κ1) is 14.3. The molecule has 1 heterocycles. The average Bonchev–Trinajstić information content (AvgIpc) is 3.08. The van der Waals surface area contributed by atoms with Crippen LogP contribution in [0.4, 0.5) is 4.39 Å². The highest BCUT2D eigenvalue weighted by Crippen LogP contribution is 2.30. The molecular weight excluding hydrogens is 275 g/mol. The van der Waals surface area contributed by atoms with Crippen molar-refractivity contribution in [3.05, 3.63) is 34.6 Å². The van der Waals surface area contributed by atoms with Crippen molar-refractivity contribution < 1.29 is 4.39 Å². The highest BCUT2D eigenvalue weighted by atomic mass is 35.5. The molecule has 2 aliphatic rings. The van der Waals surface area contributed by atoms with Gasteiger partial charge in [-0.15, -0.1) is 0 Å². The minimum Gasteiger partial charge on any atom is -0.313 e. The molecule has 0 spiro atoms. The molecule has 1 unspecified atom stereocenters. The first-order chi connectivity index (χ1) is 9.70. The zero-order chi connectivity index (χ0) is 13.9. The molecule has 1 saturated heterocycles. The number of hydrogen-bond donors (Lipinski definition) is 1. The van der Waals surface area contributed by atoms with Gasteiger partial charge in [-0.1, -0.05) is 11.6 Å². The summed E-state index contributed by atoms with van der Waals surface area (Å²) in [5, 5.41) is 4.15. The number of nitrogens with one attached hydrogen (secondary N) is 1. The van der Waals surface area contributed by atoms with Crippen LogP contribution in [-0.4, -0.2) is 30.6 Å². The largest absolute Gasteiger partial charge is 0.313 e. The number of halogens is 2. The Morgan fingerprint density at radius 3 is 2.80 bits per heavy atom. The van der Waals surface area contributed by atoms with Gasteiger partial charge < -0.3 is 5.32 Å². The Morgan fingerprint density at radius 2 is 2.10 bits per heavy atom. The standard InChI is InChI=1S/C16H22ClFN2/c17-14-5-6-16(18)13(8-14)10-20(9-12-3-4-12)11-15-2-1-7-19-15/h5-6,8,12,15,19H,1-4,7,9-11H2. The van der Waals surface area contributed by atoms with Crippen LogP contribution in [0.3, 0.4) is 0 Å². The Bertz CT molecular complexity index is 456. The monoisotopic (exact) mass is 296 g/mol. The van der Waals surface area contributed by atoms with Gasteiger partial charge in [0.2, 0.25) is 0 Å². The molecule has 0 radical (unpaired) electrons. The Labute approximate surface area is 125 Å². The second-order valence-electron chi connectivity index (χ2n) is 6.17. The van der Waals surface area contributed by atoms with Crippen molar-refractivity contribution in [2.45, 2.75) is 38.3 Å². The third-order valence-corrected chi connectivity index (χ3v) is 4.49. The predicted molar refractivity (Wildman–Crippen MR) is 80.4 cm³/mol. The number of hydrogen-bond acceptors (Lipinski definition) is 2. The van der Waals surface area contributed by atoms with E-state index in [0.717, 1.165) is 31.1 Å². The van der Waals surface area contributed by atoms with E-state index < -0.39 is 0 Å². The maximum atomic E-state index is 13.9. The molecule has 3 rings (SSSR count). The lowest BCUT2D eigenvalue weighted by molar-refractivity contribution is 0.229. The van der Waals surface area contributed by atoms with Crippen LogP contribution in [0.1, 0.15) is 31.2 Å². The molecule has 1 aliphatic heterocycles. The smallest absolute Gasteiger partial charge is 0.127 e. The van der Waals surface area contributed by atoms with E-state index in [9.17, 15) is 4.39 Å². The van der Waals surface area contributed by atoms with Gasteiger partial charge in [-0.3, -0.25) is 4.90 Å². The Morgan fingerprint density at radius 1 is 1.25 bits per heavy atom. The summed E-state index contributed by atoms with van der Waals surface area (Å²) in [5.74, 6) is 0.674. The summed E-state index contributed by atoms with van der Waals surface area (Å²) in [4.78, 5) is 2.40. The fourth-order valence-corrected chi connectivity index (χ4v) is 3.19. The van der Waals surface area contributed by atoms with E-state index in [4.69, 9.17) is 11.6 Å². The van der Waals surface area contributed by atoms with Crippen LogP contribution >= 0.6 is 11.6 Å². The molecule has 1 aliphatic carbocycles. The zero-order valence-electron chi connectivity index (χ0n) is 11.7. The van der Waals surface area contributed by atoms with Gasteiger partial charge >= 0.3 is 0 Å². The molecule has 0 aromatic heterocycles. The highest BCUT2D eigenvalue weighted by Gasteiger charge is 2.27. The summed E-state index contributed by atoms with van der Waals surface area (Å²) < 4.78 is 13.9. The van der Waals surface area contributed by atoms with E-state index in [2.05, 4.69) is 10.2 Å². The fourth-order valence-electron chi connectivity index (χ4n) is 3.00. The van der Waals surface area contributed by atoms with Crippen molar-refractivity contribution in [2.75, 3.05) is 19.6 Å². The Hall–Kier alpha value is -0.640. The zero-order valence-corrected chi connectivity index (χ0v) is 12.5. The highest BCUT2D eigenvalue weighted by molar-refractivity contribution is 6.30. The fraction of sp³-hybridized carbons (Fsp3) is 0.625. The van der Waals surface area contributed by atoms with Gasteiger partial charge in [0.05, 0.1) is 0 Å². The van der Waals surface area contributed by atoms with E-state index in [1.165, 1.54) is 31.7 Å². The topological polar surface area (TPSA) is 15.3 Å². The molecule has 110 valence electrons. The van der Waals surface area contributed by atoms with Crippen LogP contribution in [-0.2, 0) is 6.54 Å². The quantitative estimate of drug-likeness (QED) is 0.865. The number of rotatable bonds is 6. The van der Waals surface area contributed by atoms with Crippen molar-refractivity contribution >= 4 is 11.6 Å². The summed E-state index contributed by atoms with van der Waals surface area (Å²) in [6.07, 6.45) is 5.14. The second kappa shape index (κ2) is 6.42. The van der Waals surface area contributed by atoms with Gasteiger partial charge in [0, 0.05) is 36.3 Å². The van der Waals surface area contributed by atoms with Gasteiger partial charge in [-0.25, -0.2) is 4.39 Å². The molecule has 1 N–H and O–H groups in total. The SMILES string of the molecule is Fc1ccc(Cl)cc1CN(CC1CC1)CC1CCCN1. The average molecular weight is 297 g/mol. The maximum Gasteiger partial charge on any atom is 0.127 e. The van der Waals surface area contributed by atoms with E-state index in [1.807, 2.05) is 0 Å². The molecule has 1 aromatic carbocycles. The third-order valence-electron chi connectivity index (χ3n) is 4.26. The molecule has 1 atom stereocenters. The van der Waals surface area contributed by atoms with Crippen molar-refractivity contribution in [3.8, 4) is 0 Å². The van der Waals surface area contributed by atoms with Crippen molar-refractivity contribution in [3.63, 3.8) is 0 Å². The lowest BCUT2D eigenvalue weighted by atomic mass is 10.1. The van der Waals surface area contributed by atoms with Crippen LogP contribution < -0.4 is 5.32 Å². The molecule has 1 aromatic rings. The Balaban J connectivity index is 1.65. The van der Waals surface area contributed by atoms with Crippen LogP contribution in [0.2, 0.25) is 5.02 Å². The lowest BCUT2D eigenvalue weighted by Gasteiger charge is -2.26. The Kier molecular flexibility index (Phi) is 4.59. The number of nitrogens with zero attached hydrogens (tertiary/aromatic N) is 1. The summed E-state index contributed by atoms with van der Waals surface area (Å²) in [6, 6.07) is 5.42. The second-order valence-corrected chi connectivity index (χ2v) is 6.60. The molecule has 4 heteroatoms. The van der Waals surface area contributed by atoms with E-state index in [-0.39, 0.29) is 5.82 Å². The van der Waals surface area contributed by atoms with Crippen molar-refractivity contribution in [2.24, 2.45) is 5.92 Å². The molecule has 0 amide bonds. The van der Waals surface area contributed by atoms with Gasteiger partial charge in [-0.2, -0.15) is 0 Å². The van der Waals surface area contributed by atoms with Gasteiger partial charge in [0.25, 0.3) is 0 Å². The van der Waals surface area contributed by atoms with E-state index in [1.54, 1.807) is 12.1 Å². The third kappa shape index (κ3) is 3.94. The number of benzene rings is 1. The summed E-state index contributed by atoms with van der Waals surface area (Å²) in [5.41, 5.74) is 0.719. The summed E-state index contributed by atoms with van der Waals surface area (Å²) in [7, 11) is 0. The molecule has 2 nitrogen and oxygen atoms in total. The lowest BCUT2D eigenvalue weighted by Crippen LogP contribution is -2.38. The van der Waals surface area contributed by atoms with Crippen LogP contribution in [0.15, 0.2) is 18.2 Å². The maximum absolute atomic E-state index is 13.9. The summed E-state index contributed by atoms with van der Waals surface area (Å²) in [6.45, 7) is 3.89. The van der Waals surface area contributed by atoms with Gasteiger partial charge in [0.15, 0.2) is 0 Å². The van der Waals surface area contributed by atoms with E-state index in [0.29, 0.717) is 17.6 Å². The summed E-state index contributed by atoms with van der Waals surface area (Å²) >= 11 is 5.99. The van der Waals surface area contributed by atoms with E-state index >= 15 is 0 Å². The minimum absolute atomic E-state index is 0.144. The van der Waals surface area contributed by atoms with Crippen LogP contribution in [0.5, 0.6) is 0 Å². The first-order valence-corrected chi connectivity index (χ1v) is 7.98. The van der Waals surface area contributed by atoms with Crippen LogP contribution in [0, 0.1) is 11.7 Å².